The molecule has 0 bridgehead atoms. The van der Waals surface area contributed by atoms with Crippen LogP contribution in [0, 0.1) is 11.3 Å². The highest BCUT2D eigenvalue weighted by molar-refractivity contribution is 5.81. The maximum atomic E-state index is 11.6. The fourth-order valence-electron chi connectivity index (χ4n) is 1.52. The molecule has 0 heterocycles. The minimum Gasteiger partial charge on any atom is -0.493 e. The van der Waals surface area contributed by atoms with Gasteiger partial charge in [0.15, 0.2) is 17.4 Å². The summed E-state index contributed by atoms with van der Waals surface area (Å²) in [5.74, 6) is -0.502. The van der Waals surface area contributed by atoms with Crippen LogP contribution in [0.3, 0.4) is 0 Å². The number of benzene rings is 1. The van der Waals surface area contributed by atoms with E-state index >= 15 is 0 Å². The lowest BCUT2D eigenvalue weighted by atomic mass is 10.0. The zero-order chi connectivity index (χ0) is 13.5. The molecule has 0 radical (unpaired) electrons. The lowest BCUT2D eigenvalue weighted by molar-refractivity contribution is -0.143. The minimum absolute atomic E-state index is 0.240. The summed E-state index contributed by atoms with van der Waals surface area (Å²) < 4.78 is 15.1. The molecule has 0 aliphatic carbocycles. The molecule has 0 aliphatic heterocycles. The van der Waals surface area contributed by atoms with Crippen molar-refractivity contribution >= 4 is 5.97 Å². The van der Waals surface area contributed by atoms with Crippen molar-refractivity contribution in [2.24, 2.45) is 0 Å². The standard InChI is InChI=1S/C13H15NO4/c1-4-18-13(15)10(8-14)9-5-6-11(16-2)12(7-9)17-3/h5-7,10H,4H2,1-3H3. The maximum Gasteiger partial charge on any atom is 0.327 e. The number of carbonyl (C=O) groups excluding carboxylic acids is 1. The Balaban J connectivity index is 3.08. The zero-order valence-corrected chi connectivity index (χ0v) is 10.6. The highest BCUT2D eigenvalue weighted by Crippen LogP contribution is 2.30. The molecule has 5 nitrogen and oxygen atoms in total. The van der Waals surface area contributed by atoms with Crippen molar-refractivity contribution in [2.75, 3.05) is 20.8 Å². The van der Waals surface area contributed by atoms with Gasteiger partial charge in [0.25, 0.3) is 0 Å². The molecule has 0 N–H and O–H groups in total. The number of methoxy groups -OCH3 is 2. The van der Waals surface area contributed by atoms with Gasteiger partial charge in [0.1, 0.15) is 0 Å². The first-order valence-corrected chi connectivity index (χ1v) is 5.46. The van der Waals surface area contributed by atoms with Crippen LogP contribution in [0.25, 0.3) is 0 Å². The molecule has 96 valence electrons. The van der Waals surface area contributed by atoms with Gasteiger partial charge in [0.05, 0.1) is 26.9 Å². The van der Waals surface area contributed by atoms with Crippen LogP contribution in [0.1, 0.15) is 18.4 Å². The summed E-state index contributed by atoms with van der Waals surface area (Å²) in [6, 6.07) is 6.82. The zero-order valence-electron chi connectivity index (χ0n) is 10.6. The maximum absolute atomic E-state index is 11.6. The molecule has 0 aromatic heterocycles. The average molecular weight is 249 g/mol. The van der Waals surface area contributed by atoms with Crippen LogP contribution < -0.4 is 9.47 Å². The minimum atomic E-state index is -0.954. The van der Waals surface area contributed by atoms with Crippen LogP contribution in [-0.2, 0) is 9.53 Å². The van der Waals surface area contributed by atoms with Gasteiger partial charge in [-0.15, -0.1) is 0 Å². The second-order valence-electron chi connectivity index (χ2n) is 3.43. The van der Waals surface area contributed by atoms with Gasteiger partial charge in [0.2, 0.25) is 0 Å². The molecular formula is C13H15NO4. The van der Waals surface area contributed by atoms with Gasteiger partial charge in [-0.05, 0) is 24.6 Å². The van der Waals surface area contributed by atoms with Crippen LogP contribution in [0.2, 0.25) is 0 Å². The van der Waals surface area contributed by atoms with Crippen molar-refractivity contribution < 1.29 is 19.0 Å². The van der Waals surface area contributed by atoms with Gasteiger partial charge < -0.3 is 14.2 Å². The molecule has 18 heavy (non-hydrogen) atoms. The van der Waals surface area contributed by atoms with E-state index in [1.54, 1.807) is 25.1 Å². The van der Waals surface area contributed by atoms with Crippen LogP contribution in [0.4, 0.5) is 0 Å². The monoisotopic (exact) mass is 249 g/mol. The predicted molar refractivity (Wildman–Crippen MR) is 64.5 cm³/mol. The van der Waals surface area contributed by atoms with E-state index in [-0.39, 0.29) is 6.61 Å². The third kappa shape index (κ3) is 2.92. The summed E-state index contributed by atoms with van der Waals surface area (Å²) in [4.78, 5) is 11.6. The van der Waals surface area contributed by atoms with Gasteiger partial charge in [-0.25, -0.2) is 0 Å². The molecule has 1 rings (SSSR count). The molecule has 1 aromatic carbocycles. The molecule has 5 heteroatoms. The fourth-order valence-corrected chi connectivity index (χ4v) is 1.52. The molecule has 0 amide bonds. The van der Waals surface area contributed by atoms with Gasteiger partial charge >= 0.3 is 5.97 Å². The molecule has 0 aliphatic rings. The summed E-state index contributed by atoms with van der Waals surface area (Å²) >= 11 is 0. The summed E-state index contributed by atoms with van der Waals surface area (Å²) in [7, 11) is 3.01. The number of carbonyl (C=O) groups is 1. The third-order valence-electron chi connectivity index (χ3n) is 2.39. The first-order valence-electron chi connectivity index (χ1n) is 5.46. The normalized spacial score (nSPS) is 11.2. The Hall–Kier alpha value is -2.22. The van der Waals surface area contributed by atoms with Crippen LogP contribution in [0.15, 0.2) is 18.2 Å². The molecule has 0 saturated carbocycles. The van der Waals surface area contributed by atoms with E-state index in [9.17, 15) is 4.79 Å². The van der Waals surface area contributed by atoms with Crippen molar-refractivity contribution in [1.82, 2.24) is 0 Å². The van der Waals surface area contributed by atoms with Crippen molar-refractivity contribution in [3.63, 3.8) is 0 Å². The number of nitrogens with zero attached hydrogens (tertiary/aromatic N) is 1. The molecule has 1 unspecified atom stereocenters. The average Bonchev–Trinajstić information content (AvgIpc) is 2.39. The van der Waals surface area contributed by atoms with Crippen molar-refractivity contribution in [3.8, 4) is 17.6 Å². The number of esters is 1. The Bertz CT molecular complexity index is 465. The number of ether oxygens (including phenoxy) is 3. The lowest BCUT2D eigenvalue weighted by Crippen LogP contribution is -2.14. The van der Waals surface area contributed by atoms with Crippen molar-refractivity contribution in [2.45, 2.75) is 12.8 Å². The number of rotatable bonds is 5. The SMILES string of the molecule is CCOC(=O)C(C#N)c1ccc(OC)c(OC)c1. The van der Waals surface area contributed by atoms with E-state index in [0.717, 1.165) is 0 Å². The number of nitriles is 1. The van der Waals surface area contributed by atoms with Crippen LogP contribution in [0.5, 0.6) is 11.5 Å². The van der Waals surface area contributed by atoms with Crippen LogP contribution in [-0.4, -0.2) is 26.8 Å². The largest absolute Gasteiger partial charge is 0.493 e. The van der Waals surface area contributed by atoms with E-state index in [4.69, 9.17) is 19.5 Å². The van der Waals surface area contributed by atoms with Crippen molar-refractivity contribution in [1.29, 1.82) is 5.26 Å². The van der Waals surface area contributed by atoms with Gasteiger partial charge in [-0.3, -0.25) is 4.79 Å². The Morgan fingerprint density at radius 1 is 1.33 bits per heavy atom. The first kappa shape index (κ1) is 13.8. The van der Waals surface area contributed by atoms with E-state index in [1.165, 1.54) is 14.2 Å². The summed E-state index contributed by atoms with van der Waals surface area (Å²) in [5.41, 5.74) is 0.522. The van der Waals surface area contributed by atoms with Crippen LogP contribution >= 0.6 is 0 Å². The molecule has 1 aromatic rings. The van der Waals surface area contributed by atoms with E-state index in [1.807, 2.05) is 6.07 Å². The quantitative estimate of drug-likeness (QED) is 0.745. The summed E-state index contributed by atoms with van der Waals surface area (Å²) in [5, 5.41) is 9.04. The third-order valence-corrected chi connectivity index (χ3v) is 2.39. The highest BCUT2D eigenvalue weighted by atomic mass is 16.5. The van der Waals surface area contributed by atoms with E-state index < -0.39 is 11.9 Å². The molecular weight excluding hydrogens is 234 g/mol. The fraction of sp³-hybridized carbons (Fsp3) is 0.385. The topological polar surface area (TPSA) is 68.6 Å². The number of hydrogen-bond donors (Lipinski definition) is 0. The summed E-state index contributed by atoms with van der Waals surface area (Å²) in [6.45, 7) is 1.94. The number of hydrogen-bond acceptors (Lipinski definition) is 5. The second-order valence-corrected chi connectivity index (χ2v) is 3.43. The molecule has 0 fully saturated rings. The van der Waals surface area contributed by atoms with E-state index in [0.29, 0.717) is 17.1 Å². The van der Waals surface area contributed by atoms with Crippen molar-refractivity contribution in [3.05, 3.63) is 23.8 Å². The van der Waals surface area contributed by atoms with E-state index in [2.05, 4.69) is 0 Å². The Kier molecular flexibility index (Phi) is 5.00. The highest BCUT2D eigenvalue weighted by Gasteiger charge is 2.22. The predicted octanol–water partition coefficient (Wildman–Crippen LogP) is 1.87. The lowest BCUT2D eigenvalue weighted by Gasteiger charge is -2.12. The van der Waals surface area contributed by atoms with Gasteiger partial charge in [0, 0.05) is 0 Å². The Morgan fingerprint density at radius 3 is 2.50 bits per heavy atom. The molecule has 0 saturated heterocycles. The molecule has 1 atom stereocenters. The first-order chi connectivity index (χ1) is 8.67. The molecule has 0 spiro atoms. The second kappa shape index (κ2) is 6.50. The summed E-state index contributed by atoms with van der Waals surface area (Å²) in [6.07, 6.45) is 0. The van der Waals surface area contributed by atoms with Gasteiger partial charge in [-0.1, -0.05) is 6.07 Å². The Morgan fingerprint density at radius 2 is 2.00 bits per heavy atom. The Labute approximate surface area is 106 Å². The smallest absolute Gasteiger partial charge is 0.327 e. The van der Waals surface area contributed by atoms with Gasteiger partial charge in [-0.2, -0.15) is 5.26 Å².